The summed E-state index contributed by atoms with van der Waals surface area (Å²) in [4.78, 5) is 32.8. The number of amides is 1. The Bertz CT molecular complexity index is 1290. The van der Waals surface area contributed by atoms with E-state index in [-0.39, 0.29) is 70.0 Å². The number of halogens is 4. The van der Waals surface area contributed by atoms with Crippen LogP contribution in [0.3, 0.4) is 0 Å². The largest absolute Gasteiger partial charge is 1.00 e. The molecule has 1 heterocycles. The third kappa shape index (κ3) is 8.86. The normalized spacial score (nSPS) is 9.44. The maximum absolute atomic E-state index is 11.3. The first-order chi connectivity index (χ1) is 15.9. The molecule has 11 nitrogen and oxygen atoms in total. The van der Waals surface area contributed by atoms with Crippen molar-refractivity contribution in [2.75, 3.05) is 16.8 Å². The van der Waals surface area contributed by atoms with Crippen LogP contribution in [0.1, 0.15) is 26.4 Å². The fourth-order valence-electron chi connectivity index (χ4n) is 2.45. The molecule has 16 heteroatoms. The molecular formula is C20H19Cl4N8NaO3. The molecule has 0 unspecified atom stereocenters. The zero-order valence-electron chi connectivity index (χ0n) is 18.9. The number of nitrogen functional groups attached to an aromatic ring is 2. The molecule has 36 heavy (non-hydrogen) atoms. The summed E-state index contributed by atoms with van der Waals surface area (Å²) in [7, 11) is 0. The summed E-state index contributed by atoms with van der Waals surface area (Å²) in [6.07, 6.45) is 0. The van der Waals surface area contributed by atoms with Crippen LogP contribution >= 0.6 is 47.2 Å². The predicted octanol–water partition coefficient (Wildman–Crippen LogP) is -0.457. The van der Waals surface area contributed by atoms with Crippen LogP contribution in [0.4, 0.5) is 23.0 Å². The number of rotatable bonds is 4. The van der Waals surface area contributed by atoms with Crippen molar-refractivity contribution in [3.8, 4) is 0 Å². The van der Waals surface area contributed by atoms with Gasteiger partial charge in [-0.25, -0.2) is 9.97 Å². The standard InChI is InChI=1S/C14H11Cl2NO2.C6H8ClN7O.ClH.Na/c1-8-6-7-10(15)13(12(8)16)17-11-5-3-2-4-9(11)14(18)19;7-2-4(9)13-3(8)1(12-2)5(15)14-6(10)11;;/h2-7,17H,1H3,(H,18,19);(H4,8,9,13)(H4,10,11,14,15);1H;/q;;;+1/p-1. The molecule has 9 N–H and O–H groups in total. The van der Waals surface area contributed by atoms with Gasteiger partial charge >= 0.3 is 35.5 Å². The summed E-state index contributed by atoms with van der Waals surface area (Å²) in [6, 6.07) is 9.91. The Hall–Kier alpha value is -2.51. The van der Waals surface area contributed by atoms with Gasteiger partial charge in [0.2, 0.25) is 0 Å². The van der Waals surface area contributed by atoms with E-state index in [4.69, 9.17) is 57.7 Å². The number of carbonyl (C=O) groups is 2. The minimum atomic E-state index is -1.26. The Labute approximate surface area is 249 Å². The Morgan fingerprint density at radius 3 is 2.19 bits per heavy atom. The van der Waals surface area contributed by atoms with E-state index in [0.29, 0.717) is 21.4 Å². The van der Waals surface area contributed by atoms with Gasteiger partial charge in [0, 0.05) is 11.3 Å². The van der Waals surface area contributed by atoms with Crippen molar-refractivity contribution in [1.82, 2.24) is 9.97 Å². The second kappa shape index (κ2) is 14.9. The second-order valence-electron chi connectivity index (χ2n) is 6.49. The number of nitrogens with one attached hydrogen (secondary N) is 1. The second-order valence-corrected chi connectivity index (χ2v) is 7.63. The number of hydrogen-bond acceptors (Lipinski definition) is 8. The van der Waals surface area contributed by atoms with Crippen LogP contribution in [0.15, 0.2) is 41.4 Å². The number of hydrogen-bond donors (Lipinski definition) is 5. The minimum Gasteiger partial charge on any atom is -0.545 e. The van der Waals surface area contributed by atoms with Crippen LogP contribution in [0.5, 0.6) is 0 Å². The van der Waals surface area contributed by atoms with E-state index in [1.807, 2.05) is 6.92 Å². The van der Waals surface area contributed by atoms with Gasteiger partial charge in [0.15, 0.2) is 28.4 Å². The molecule has 0 saturated carbocycles. The Balaban J connectivity index is 0.000000662. The minimum absolute atomic E-state index is 0. The summed E-state index contributed by atoms with van der Waals surface area (Å²) in [5.41, 5.74) is 22.2. The zero-order valence-corrected chi connectivity index (χ0v) is 24.0. The van der Waals surface area contributed by atoms with Crippen LogP contribution in [0.2, 0.25) is 15.2 Å². The molecule has 0 spiro atoms. The zero-order chi connectivity index (χ0) is 25.6. The number of anilines is 4. The number of aryl methyl sites for hydroxylation is 1. The van der Waals surface area contributed by atoms with Crippen molar-refractivity contribution < 1.29 is 44.3 Å². The Morgan fingerprint density at radius 1 is 1.00 bits per heavy atom. The Morgan fingerprint density at radius 2 is 1.61 bits per heavy atom. The van der Waals surface area contributed by atoms with Gasteiger partial charge < -0.3 is 38.2 Å². The van der Waals surface area contributed by atoms with Crippen molar-refractivity contribution in [1.29, 1.82) is 0 Å². The molecule has 0 fully saturated rings. The number of aromatic nitrogens is 2. The van der Waals surface area contributed by atoms with Crippen LogP contribution in [0, 0.1) is 6.92 Å². The van der Waals surface area contributed by atoms with E-state index >= 15 is 0 Å². The molecular weight excluding hydrogens is 565 g/mol. The van der Waals surface area contributed by atoms with Crippen LogP contribution in [0.25, 0.3) is 0 Å². The topological polar surface area (TPSA) is 211 Å². The first-order valence-electron chi connectivity index (χ1n) is 9.16. The van der Waals surface area contributed by atoms with Gasteiger partial charge in [-0.15, -0.1) is 12.4 Å². The quantitative estimate of drug-likeness (QED) is 0.151. The first-order valence-corrected chi connectivity index (χ1v) is 10.3. The van der Waals surface area contributed by atoms with Crippen LogP contribution in [-0.4, -0.2) is 27.8 Å². The van der Waals surface area contributed by atoms with Gasteiger partial charge in [-0.05, 0) is 24.6 Å². The van der Waals surface area contributed by atoms with Crippen LogP contribution in [-0.2, 0) is 0 Å². The molecule has 0 radical (unpaired) electrons. The van der Waals surface area contributed by atoms with Gasteiger partial charge in [-0.1, -0.05) is 59.1 Å². The molecule has 0 bridgehead atoms. The average molecular weight is 584 g/mol. The number of aromatic carboxylic acids is 1. The summed E-state index contributed by atoms with van der Waals surface area (Å²) >= 11 is 17.8. The first kappa shape index (κ1) is 33.5. The number of nitrogens with zero attached hydrogens (tertiary/aromatic N) is 3. The molecule has 0 aliphatic rings. The number of carboxylic acids is 1. The fraction of sp³-hybridized carbons (Fsp3) is 0.0500. The summed E-state index contributed by atoms with van der Waals surface area (Å²) in [5.74, 6) is -2.76. The summed E-state index contributed by atoms with van der Waals surface area (Å²) in [5, 5.41) is 14.7. The molecule has 0 atom stereocenters. The fourth-order valence-corrected chi connectivity index (χ4v) is 3.04. The number of benzene rings is 2. The van der Waals surface area contributed by atoms with E-state index in [2.05, 4.69) is 20.3 Å². The number of nitrogens with two attached hydrogens (primary N) is 4. The van der Waals surface area contributed by atoms with E-state index in [9.17, 15) is 14.7 Å². The Kier molecular flexibility index (Phi) is 13.9. The number of aliphatic imine (C=N–C) groups is 1. The van der Waals surface area contributed by atoms with Gasteiger partial charge in [0.25, 0.3) is 0 Å². The van der Waals surface area contributed by atoms with E-state index < -0.39 is 17.8 Å². The molecule has 2 aromatic carbocycles. The molecule has 3 rings (SSSR count). The molecule has 1 aromatic heterocycles. The van der Waals surface area contributed by atoms with Gasteiger partial charge in [-0.3, -0.25) is 4.79 Å². The van der Waals surface area contributed by atoms with Crippen molar-refractivity contribution in [3.63, 3.8) is 0 Å². The third-order valence-corrected chi connectivity index (χ3v) is 5.11. The van der Waals surface area contributed by atoms with Gasteiger partial charge in [-0.2, -0.15) is 4.99 Å². The summed E-state index contributed by atoms with van der Waals surface area (Å²) in [6.45, 7) is 1.84. The molecule has 0 aliphatic carbocycles. The number of carboxylic acid groups (broad SMARTS) is 1. The monoisotopic (exact) mass is 582 g/mol. The van der Waals surface area contributed by atoms with Crippen molar-refractivity contribution in [2.45, 2.75) is 6.92 Å². The average Bonchev–Trinajstić information content (AvgIpc) is 2.76. The van der Waals surface area contributed by atoms with Crippen LogP contribution < -0.4 is 62.9 Å². The van der Waals surface area contributed by atoms with Gasteiger partial charge in [0.05, 0.1) is 21.7 Å². The molecule has 0 saturated heterocycles. The van der Waals surface area contributed by atoms with E-state index in [0.717, 1.165) is 5.56 Å². The molecule has 3 aromatic rings. The number of carbonyl (C=O) groups excluding carboxylic acids is 2. The van der Waals surface area contributed by atoms with Crippen molar-refractivity contribution in [2.24, 2.45) is 16.5 Å². The molecule has 0 aliphatic heterocycles. The van der Waals surface area contributed by atoms with Crippen molar-refractivity contribution in [3.05, 3.63) is 68.4 Å². The maximum Gasteiger partial charge on any atom is 1.00 e. The smallest absolute Gasteiger partial charge is 0.545 e. The van der Waals surface area contributed by atoms with E-state index in [1.54, 1.807) is 30.3 Å². The van der Waals surface area contributed by atoms with E-state index in [1.165, 1.54) is 6.07 Å². The molecule has 1 amide bonds. The summed E-state index contributed by atoms with van der Waals surface area (Å²) < 4.78 is 0. The molecule has 186 valence electrons. The third-order valence-electron chi connectivity index (χ3n) is 4.03. The SMILES string of the molecule is Cc1ccc(Cl)c(Nc2ccccc2C(=O)[O-])c1Cl.Cl.NC(N)=NC(=O)c1nc(Cl)c(N)nc1N.[Na+]. The maximum atomic E-state index is 11.3. The number of guanidine groups is 1. The number of para-hydroxylation sites is 1. The predicted molar refractivity (Wildman–Crippen MR) is 139 cm³/mol. The van der Waals surface area contributed by atoms with Gasteiger partial charge in [0.1, 0.15) is 0 Å². The van der Waals surface area contributed by atoms with Crippen molar-refractivity contribution >= 4 is 88.1 Å².